The third-order valence-corrected chi connectivity index (χ3v) is 5.52. The molecule has 0 saturated heterocycles. The van der Waals surface area contributed by atoms with Crippen molar-refractivity contribution in [2.45, 2.75) is 10.1 Å². The lowest BCUT2D eigenvalue weighted by Gasteiger charge is -2.13. The highest BCUT2D eigenvalue weighted by Crippen LogP contribution is 2.38. The molecule has 12 nitrogen and oxygen atoms in total. The first kappa shape index (κ1) is 23.5. The standard InChI is InChI=1S/C20H20N6O6S/c1-25-11-22-24-20(25)33-17-6-5-14(26(28)29)7-13(17)10-21-23-19(27)12-8-15(30-2)18(32-4)16(9-12)31-3/h5-11H,1-4H3,(H,23,27)/b21-10-. The Morgan fingerprint density at radius 2 is 1.88 bits per heavy atom. The van der Waals surface area contributed by atoms with E-state index in [-0.39, 0.29) is 11.3 Å². The molecule has 172 valence electrons. The van der Waals surface area contributed by atoms with Gasteiger partial charge in [-0.15, -0.1) is 10.2 Å². The van der Waals surface area contributed by atoms with Crippen molar-refractivity contribution in [3.63, 3.8) is 0 Å². The Balaban J connectivity index is 1.85. The average Bonchev–Trinajstić information content (AvgIpc) is 3.22. The van der Waals surface area contributed by atoms with Crippen molar-refractivity contribution < 1.29 is 23.9 Å². The molecule has 2 aromatic carbocycles. The molecule has 1 amide bonds. The fraction of sp³-hybridized carbons (Fsp3) is 0.200. The Bertz CT molecular complexity index is 1190. The van der Waals surface area contributed by atoms with E-state index in [1.54, 1.807) is 24.0 Å². The van der Waals surface area contributed by atoms with Crippen LogP contribution in [0, 0.1) is 10.1 Å². The summed E-state index contributed by atoms with van der Waals surface area (Å²) in [5.74, 6) is 0.430. The summed E-state index contributed by atoms with van der Waals surface area (Å²) in [5.41, 5.74) is 2.92. The Kier molecular flexibility index (Phi) is 7.46. The number of carbonyl (C=O) groups is 1. The Hall–Kier alpha value is -4.13. The van der Waals surface area contributed by atoms with E-state index < -0.39 is 10.8 Å². The second kappa shape index (κ2) is 10.5. The molecule has 3 rings (SSSR count). The number of aryl methyl sites for hydroxylation is 1. The highest BCUT2D eigenvalue weighted by atomic mass is 32.2. The number of rotatable bonds is 9. The molecule has 0 aliphatic heterocycles. The largest absolute Gasteiger partial charge is 0.493 e. The predicted octanol–water partition coefficient (Wildman–Crippen LogP) is 2.66. The number of aromatic nitrogens is 3. The number of carbonyl (C=O) groups excluding carboxylic acids is 1. The van der Waals surface area contributed by atoms with Gasteiger partial charge in [0.25, 0.3) is 11.6 Å². The molecule has 33 heavy (non-hydrogen) atoms. The number of hydrogen-bond acceptors (Lipinski definition) is 10. The Morgan fingerprint density at radius 3 is 2.42 bits per heavy atom. The molecule has 0 radical (unpaired) electrons. The van der Waals surface area contributed by atoms with Gasteiger partial charge >= 0.3 is 0 Å². The lowest BCUT2D eigenvalue weighted by atomic mass is 10.1. The Labute approximate surface area is 192 Å². The number of nitro benzene ring substituents is 1. The van der Waals surface area contributed by atoms with Gasteiger partial charge in [-0.1, -0.05) is 0 Å². The van der Waals surface area contributed by atoms with Crippen LogP contribution in [0.25, 0.3) is 0 Å². The monoisotopic (exact) mass is 472 g/mol. The third kappa shape index (κ3) is 5.38. The lowest BCUT2D eigenvalue weighted by molar-refractivity contribution is -0.384. The van der Waals surface area contributed by atoms with Crippen molar-refractivity contribution in [2.24, 2.45) is 12.1 Å². The molecule has 0 spiro atoms. The van der Waals surface area contributed by atoms with Crippen LogP contribution in [-0.4, -0.2) is 53.1 Å². The van der Waals surface area contributed by atoms with Gasteiger partial charge in [-0.25, -0.2) is 5.43 Å². The van der Waals surface area contributed by atoms with E-state index in [9.17, 15) is 14.9 Å². The topological polar surface area (TPSA) is 143 Å². The second-order valence-corrected chi connectivity index (χ2v) is 7.43. The number of nitrogens with one attached hydrogen (secondary N) is 1. The summed E-state index contributed by atoms with van der Waals surface area (Å²) < 4.78 is 17.5. The first-order valence-corrected chi connectivity index (χ1v) is 10.1. The first-order chi connectivity index (χ1) is 15.9. The van der Waals surface area contributed by atoms with Crippen LogP contribution in [0.1, 0.15) is 15.9 Å². The molecule has 0 unspecified atom stereocenters. The van der Waals surface area contributed by atoms with Gasteiger partial charge in [-0.2, -0.15) is 5.10 Å². The van der Waals surface area contributed by atoms with Crippen LogP contribution in [0.4, 0.5) is 5.69 Å². The van der Waals surface area contributed by atoms with E-state index >= 15 is 0 Å². The molecule has 0 aliphatic carbocycles. The molecule has 1 aromatic heterocycles. The summed E-state index contributed by atoms with van der Waals surface area (Å²) >= 11 is 1.25. The van der Waals surface area contributed by atoms with Crippen molar-refractivity contribution in [3.8, 4) is 17.2 Å². The number of hydrazone groups is 1. The van der Waals surface area contributed by atoms with Crippen molar-refractivity contribution in [2.75, 3.05) is 21.3 Å². The zero-order chi connectivity index (χ0) is 24.0. The number of nitrogens with zero attached hydrogens (tertiary/aromatic N) is 5. The molecule has 0 saturated carbocycles. The van der Waals surface area contributed by atoms with E-state index in [0.29, 0.717) is 32.9 Å². The summed E-state index contributed by atoms with van der Waals surface area (Å²) in [6.07, 6.45) is 2.86. The van der Waals surface area contributed by atoms with Gasteiger partial charge in [0.1, 0.15) is 6.33 Å². The molecule has 1 heterocycles. The van der Waals surface area contributed by atoms with Gasteiger partial charge in [0, 0.05) is 35.2 Å². The van der Waals surface area contributed by atoms with Crippen molar-refractivity contribution in [1.29, 1.82) is 0 Å². The molecule has 1 N–H and O–H groups in total. The summed E-state index contributed by atoms with van der Waals surface area (Å²) in [5, 5.41) is 23.6. The van der Waals surface area contributed by atoms with Gasteiger partial charge in [-0.05, 0) is 30.0 Å². The minimum Gasteiger partial charge on any atom is -0.493 e. The van der Waals surface area contributed by atoms with E-state index in [0.717, 1.165) is 0 Å². The first-order valence-electron chi connectivity index (χ1n) is 9.31. The van der Waals surface area contributed by atoms with E-state index in [4.69, 9.17) is 14.2 Å². The predicted molar refractivity (Wildman–Crippen MR) is 119 cm³/mol. The minimum absolute atomic E-state index is 0.116. The maximum Gasteiger partial charge on any atom is 0.271 e. The summed E-state index contributed by atoms with van der Waals surface area (Å²) in [6.45, 7) is 0. The van der Waals surface area contributed by atoms with Crippen LogP contribution in [-0.2, 0) is 7.05 Å². The third-order valence-electron chi connectivity index (χ3n) is 4.37. The van der Waals surface area contributed by atoms with Crippen molar-refractivity contribution >= 4 is 29.6 Å². The molecule has 13 heteroatoms. The lowest BCUT2D eigenvalue weighted by Crippen LogP contribution is -2.18. The van der Waals surface area contributed by atoms with E-state index in [2.05, 4.69) is 20.7 Å². The quantitative estimate of drug-likeness (QED) is 0.282. The minimum atomic E-state index is -0.543. The Morgan fingerprint density at radius 1 is 1.18 bits per heavy atom. The van der Waals surface area contributed by atoms with Crippen LogP contribution < -0.4 is 19.6 Å². The number of methoxy groups -OCH3 is 3. The van der Waals surface area contributed by atoms with Gasteiger partial charge in [0.2, 0.25) is 5.75 Å². The van der Waals surface area contributed by atoms with Gasteiger partial charge < -0.3 is 18.8 Å². The maximum absolute atomic E-state index is 12.6. The molecule has 0 bridgehead atoms. The summed E-state index contributed by atoms with van der Waals surface area (Å²) in [4.78, 5) is 23.9. The van der Waals surface area contributed by atoms with Crippen LogP contribution in [0.15, 0.2) is 51.8 Å². The molecule has 3 aromatic rings. The van der Waals surface area contributed by atoms with Gasteiger partial charge in [0.15, 0.2) is 16.7 Å². The molecule has 0 fully saturated rings. The number of nitro groups is 1. The SMILES string of the molecule is COc1cc(C(=O)N/N=C\c2cc([N+](=O)[O-])ccc2Sc2nncn2C)cc(OC)c1OC. The van der Waals surface area contributed by atoms with Crippen molar-refractivity contribution in [1.82, 2.24) is 20.2 Å². The van der Waals surface area contributed by atoms with Crippen LogP contribution in [0.2, 0.25) is 0 Å². The van der Waals surface area contributed by atoms with Crippen LogP contribution in [0.3, 0.4) is 0 Å². The van der Waals surface area contributed by atoms with E-state index in [1.807, 2.05) is 0 Å². The number of benzene rings is 2. The highest BCUT2D eigenvalue weighted by Gasteiger charge is 2.17. The fourth-order valence-electron chi connectivity index (χ4n) is 2.74. The summed E-state index contributed by atoms with van der Waals surface area (Å²) in [6, 6.07) is 7.28. The highest BCUT2D eigenvalue weighted by molar-refractivity contribution is 7.99. The average molecular weight is 472 g/mol. The molecular weight excluding hydrogens is 452 g/mol. The number of non-ortho nitro benzene ring substituents is 1. The van der Waals surface area contributed by atoms with Crippen LogP contribution >= 0.6 is 11.8 Å². The number of amides is 1. The smallest absolute Gasteiger partial charge is 0.271 e. The fourth-order valence-corrected chi connectivity index (χ4v) is 3.59. The number of hydrogen-bond donors (Lipinski definition) is 1. The normalized spacial score (nSPS) is 10.8. The number of ether oxygens (including phenoxy) is 3. The zero-order valence-corrected chi connectivity index (χ0v) is 19.0. The molecular formula is C20H20N6O6S. The maximum atomic E-state index is 12.6. The zero-order valence-electron chi connectivity index (χ0n) is 18.1. The van der Waals surface area contributed by atoms with Crippen LogP contribution in [0.5, 0.6) is 17.2 Å². The summed E-state index contributed by atoms with van der Waals surface area (Å²) in [7, 11) is 6.12. The van der Waals surface area contributed by atoms with Crippen molar-refractivity contribution in [3.05, 3.63) is 57.9 Å². The second-order valence-electron chi connectivity index (χ2n) is 6.42. The van der Waals surface area contributed by atoms with Gasteiger partial charge in [0.05, 0.1) is 32.5 Å². The van der Waals surface area contributed by atoms with E-state index in [1.165, 1.54) is 63.6 Å². The van der Waals surface area contributed by atoms with Gasteiger partial charge in [-0.3, -0.25) is 14.9 Å². The molecule has 0 atom stereocenters. The molecule has 0 aliphatic rings.